The smallest absolute Gasteiger partial charge is 0.326 e. The second-order valence-electron chi connectivity index (χ2n) is 6.79. The third-order valence-electron chi connectivity index (χ3n) is 4.71. The second kappa shape index (κ2) is 10.4. The van der Waals surface area contributed by atoms with Crippen molar-refractivity contribution >= 4 is 27.5 Å². The summed E-state index contributed by atoms with van der Waals surface area (Å²) in [6.07, 6.45) is 2.03. The van der Waals surface area contributed by atoms with Crippen LogP contribution in [0, 0.1) is 6.92 Å². The number of hydrogen-bond acceptors (Lipinski definition) is 7. The summed E-state index contributed by atoms with van der Waals surface area (Å²) >= 11 is 1.41. The Labute approximate surface area is 179 Å². The van der Waals surface area contributed by atoms with Gasteiger partial charge in [0.05, 0.1) is 19.1 Å². The van der Waals surface area contributed by atoms with Gasteiger partial charge in [-0.25, -0.2) is 4.98 Å². The topological polar surface area (TPSA) is 79.7 Å². The number of aromatic nitrogens is 2. The van der Waals surface area contributed by atoms with Crippen LogP contribution in [0.15, 0.2) is 34.4 Å². The Morgan fingerprint density at radius 1 is 1.17 bits per heavy atom. The van der Waals surface area contributed by atoms with E-state index in [-0.39, 0.29) is 18.7 Å². The first-order valence-electron chi connectivity index (χ1n) is 9.91. The predicted molar refractivity (Wildman–Crippen MR) is 117 cm³/mol. The number of benzene rings is 1. The van der Waals surface area contributed by atoms with Gasteiger partial charge in [0.2, 0.25) is 0 Å². The normalized spacial score (nSPS) is 11.0. The summed E-state index contributed by atoms with van der Waals surface area (Å²) in [7, 11) is 1.61. The Morgan fingerprint density at radius 2 is 1.93 bits per heavy atom. The number of ether oxygens (including phenoxy) is 3. The number of unbranched alkanes of at least 4 members (excludes halogenated alkanes) is 1. The molecule has 0 bridgehead atoms. The van der Waals surface area contributed by atoms with E-state index in [9.17, 15) is 9.59 Å². The lowest BCUT2D eigenvalue weighted by Crippen LogP contribution is -2.28. The molecule has 3 rings (SSSR count). The Kier molecular flexibility index (Phi) is 7.59. The number of aryl methyl sites for hydroxylation is 1. The van der Waals surface area contributed by atoms with Crippen molar-refractivity contribution in [3.05, 3.63) is 45.8 Å². The monoisotopic (exact) mass is 430 g/mol. The van der Waals surface area contributed by atoms with Gasteiger partial charge in [-0.05, 0) is 31.0 Å². The quantitative estimate of drug-likeness (QED) is 0.360. The molecule has 160 valence electrons. The number of methoxy groups -OCH3 is 1. The minimum atomic E-state index is -0.485. The zero-order valence-corrected chi connectivity index (χ0v) is 18.3. The molecule has 0 aliphatic rings. The van der Waals surface area contributed by atoms with Crippen molar-refractivity contribution in [1.29, 1.82) is 0 Å². The molecule has 0 saturated heterocycles. The van der Waals surface area contributed by atoms with Crippen molar-refractivity contribution in [3.63, 3.8) is 0 Å². The number of nitrogens with zero attached hydrogens (tertiary/aromatic N) is 2. The standard InChI is InChI=1S/C22H26N2O5S/c1-4-5-10-28-11-12-29-19(25)13-24-15(2)23-21-20(22(24)26)18(14-30-21)16-6-8-17(27-3)9-7-16/h6-9,14H,4-5,10-13H2,1-3H3. The van der Waals surface area contributed by atoms with Crippen LogP contribution in [-0.2, 0) is 20.8 Å². The fraction of sp³-hybridized carbons (Fsp3) is 0.409. The first-order valence-corrected chi connectivity index (χ1v) is 10.8. The molecule has 0 unspecified atom stereocenters. The van der Waals surface area contributed by atoms with Crippen LogP contribution >= 0.6 is 11.3 Å². The van der Waals surface area contributed by atoms with E-state index in [1.54, 1.807) is 14.0 Å². The molecule has 0 radical (unpaired) electrons. The average molecular weight is 431 g/mol. The van der Waals surface area contributed by atoms with Crippen molar-refractivity contribution in [2.75, 3.05) is 26.9 Å². The highest BCUT2D eigenvalue weighted by Crippen LogP contribution is 2.31. The third kappa shape index (κ3) is 5.06. The minimum absolute atomic E-state index is 0.168. The van der Waals surface area contributed by atoms with Gasteiger partial charge in [0.15, 0.2) is 0 Å². The molecule has 1 aromatic carbocycles. The molecular weight excluding hydrogens is 404 g/mol. The van der Waals surface area contributed by atoms with Crippen LogP contribution in [0.3, 0.4) is 0 Å². The Balaban J connectivity index is 1.78. The number of esters is 1. The predicted octanol–water partition coefficient (Wildman–Crippen LogP) is 3.80. The second-order valence-corrected chi connectivity index (χ2v) is 7.65. The van der Waals surface area contributed by atoms with E-state index in [0.29, 0.717) is 29.3 Å². The average Bonchev–Trinajstić information content (AvgIpc) is 3.17. The molecule has 0 fully saturated rings. The molecule has 0 spiro atoms. The van der Waals surface area contributed by atoms with E-state index in [1.807, 2.05) is 29.6 Å². The van der Waals surface area contributed by atoms with Gasteiger partial charge in [-0.2, -0.15) is 0 Å². The van der Waals surface area contributed by atoms with E-state index < -0.39 is 5.97 Å². The summed E-state index contributed by atoms with van der Waals surface area (Å²) in [4.78, 5) is 30.6. The minimum Gasteiger partial charge on any atom is -0.497 e. The molecule has 7 nitrogen and oxygen atoms in total. The number of carbonyl (C=O) groups excluding carboxylic acids is 1. The van der Waals surface area contributed by atoms with Crippen molar-refractivity contribution in [3.8, 4) is 16.9 Å². The molecule has 3 aromatic rings. The summed E-state index contributed by atoms with van der Waals surface area (Å²) < 4.78 is 17.2. The summed E-state index contributed by atoms with van der Waals surface area (Å²) in [6, 6.07) is 7.49. The van der Waals surface area contributed by atoms with E-state index in [1.165, 1.54) is 15.9 Å². The lowest BCUT2D eigenvalue weighted by atomic mass is 10.1. The maximum Gasteiger partial charge on any atom is 0.326 e. The molecule has 0 aliphatic carbocycles. The molecule has 8 heteroatoms. The number of fused-ring (bicyclic) bond motifs is 1. The molecule has 2 heterocycles. The molecule has 0 amide bonds. The van der Waals surface area contributed by atoms with Gasteiger partial charge in [-0.3, -0.25) is 14.2 Å². The van der Waals surface area contributed by atoms with Crippen LogP contribution in [0.25, 0.3) is 21.3 Å². The van der Waals surface area contributed by atoms with Crippen LogP contribution in [-0.4, -0.2) is 42.5 Å². The molecule has 2 aromatic heterocycles. The maximum atomic E-state index is 13.2. The van der Waals surface area contributed by atoms with Gasteiger partial charge in [0.25, 0.3) is 5.56 Å². The third-order valence-corrected chi connectivity index (χ3v) is 5.58. The Hall–Kier alpha value is -2.71. The van der Waals surface area contributed by atoms with Crippen molar-refractivity contribution in [2.24, 2.45) is 0 Å². The summed E-state index contributed by atoms with van der Waals surface area (Å²) in [6.45, 7) is 4.79. The maximum absolute atomic E-state index is 13.2. The first kappa shape index (κ1) is 22.0. The van der Waals surface area contributed by atoms with E-state index in [2.05, 4.69) is 11.9 Å². The molecular formula is C22H26N2O5S. The molecule has 0 atom stereocenters. The highest BCUT2D eigenvalue weighted by Gasteiger charge is 2.17. The highest BCUT2D eigenvalue weighted by atomic mass is 32.1. The van der Waals surface area contributed by atoms with Crippen LogP contribution in [0.2, 0.25) is 0 Å². The van der Waals surface area contributed by atoms with E-state index in [0.717, 1.165) is 29.7 Å². The zero-order valence-electron chi connectivity index (χ0n) is 17.5. The lowest BCUT2D eigenvalue weighted by molar-refractivity contribution is -0.146. The Bertz CT molecular complexity index is 1060. The summed E-state index contributed by atoms with van der Waals surface area (Å²) in [5.74, 6) is 0.736. The van der Waals surface area contributed by atoms with Gasteiger partial charge < -0.3 is 14.2 Å². The van der Waals surface area contributed by atoms with Gasteiger partial charge in [0, 0.05) is 17.6 Å². The van der Waals surface area contributed by atoms with Crippen LogP contribution in [0.5, 0.6) is 5.75 Å². The fourth-order valence-electron chi connectivity index (χ4n) is 3.03. The SMILES string of the molecule is CCCCOCCOC(=O)Cn1c(C)nc2scc(-c3ccc(OC)cc3)c2c1=O. The number of hydrogen-bond donors (Lipinski definition) is 0. The summed E-state index contributed by atoms with van der Waals surface area (Å²) in [5.41, 5.74) is 1.44. The molecule has 0 N–H and O–H groups in total. The van der Waals surface area contributed by atoms with Gasteiger partial charge in [-0.15, -0.1) is 11.3 Å². The van der Waals surface area contributed by atoms with Gasteiger partial charge in [-0.1, -0.05) is 25.5 Å². The fourth-order valence-corrected chi connectivity index (χ4v) is 4.02. The van der Waals surface area contributed by atoms with Gasteiger partial charge in [0.1, 0.15) is 29.6 Å². The molecule has 0 saturated carbocycles. The number of thiophene rings is 1. The van der Waals surface area contributed by atoms with Crippen molar-refractivity contribution in [2.45, 2.75) is 33.2 Å². The van der Waals surface area contributed by atoms with Crippen LogP contribution in [0.4, 0.5) is 0 Å². The highest BCUT2D eigenvalue weighted by molar-refractivity contribution is 7.17. The lowest BCUT2D eigenvalue weighted by Gasteiger charge is -2.10. The van der Waals surface area contributed by atoms with E-state index in [4.69, 9.17) is 14.2 Å². The Morgan fingerprint density at radius 3 is 2.63 bits per heavy atom. The summed E-state index contributed by atoms with van der Waals surface area (Å²) in [5, 5.41) is 2.42. The molecule has 0 aliphatic heterocycles. The largest absolute Gasteiger partial charge is 0.497 e. The number of carbonyl (C=O) groups is 1. The molecule has 30 heavy (non-hydrogen) atoms. The van der Waals surface area contributed by atoms with Crippen LogP contribution in [0.1, 0.15) is 25.6 Å². The van der Waals surface area contributed by atoms with Crippen LogP contribution < -0.4 is 10.3 Å². The zero-order chi connectivity index (χ0) is 21.5. The van der Waals surface area contributed by atoms with Crippen molar-refractivity contribution < 1.29 is 19.0 Å². The van der Waals surface area contributed by atoms with E-state index >= 15 is 0 Å². The van der Waals surface area contributed by atoms with Gasteiger partial charge >= 0.3 is 5.97 Å². The number of rotatable bonds is 10. The van der Waals surface area contributed by atoms with Crippen molar-refractivity contribution in [1.82, 2.24) is 9.55 Å². The first-order chi connectivity index (χ1) is 14.5.